The number of hydrogen-bond acceptors (Lipinski definition) is 5. The first-order valence-electron chi connectivity index (χ1n) is 10.2. The summed E-state index contributed by atoms with van der Waals surface area (Å²) in [6.45, 7) is 0.852. The summed E-state index contributed by atoms with van der Waals surface area (Å²) in [5.41, 5.74) is 4.61. The van der Waals surface area contributed by atoms with Crippen LogP contribution in [0.3, 0.4) is 0 Å². The molecule has 32 heavy (non-hydrogen) atoms. The number of carbonyl (C=O) groups is 2. The number of nitrogens with zero attached hydrogens (tertiary/aromatic N) is 1. The Kier molecular flexibility index (Phi) is 7.83. The van der Waals surface area contributed by atoms with E-state index in [0.717, 1.165) is 16.7 Å². The molecule has 3 aromatic rings. The first kappa shape index (κ1) is 22.8. The van der Waals surface area contributed by atoms with Crippen LogP contribution in [0.1, 0.15) is 27.0 Å². The number of carbonyl (C=O) groups excluding carboxylic acids is 2. The number of hydroxylamine groups is 1. The molecule has 0 aliphatic carbocycles. The topological polar surface area (TPSA) is 99.1 Å². The van der Waals surface area contributed by atoms with Crippen molar-refractivity contribution in [2.45, 2.75) is 19.4 Å². The lowest BCUT2D eigenvalue weighted by Crippen LogP contribution is -2.33. The third kappa shape index (κ3) is 6.09. The number of rotatable bonds is 9. The minimum absolute atomic E-state index is 0.0505. The lowest BCUT2D eigenvalue weighted by atomic mass is 10.1. The molecule has 0 aliphatic heterocycles. The number of ether oxygens (including phenoxy) is 1. The predicted molar refractivity (Wildman–Crippen MR) is 120 cm³/mol. The SMILES string of the molecule is COc1ccccc1CC(=O)N(CCc1ccc(O)cc1)Cc1ccc(C(=O)NO)cc1. The molecular formula is C25H26N2O5. The van der Waals surface area contributed by atoms with Gasteiger partial charge in [0.1, 0.15) is 11.5 Å². The Morgan fingerprint density at radius 1 is 0.938 bits per heavy atom. The van der Waals surface area contributed by atoms with Crippen molar-refractivity contribution in [3.8, 4) is 11.5 Å². The Hall–Kier alpha value is -3.84. The molecule has 0 unspecified atom stereocenters. The Balaban J connectivity index is 1.77. The Morgan fingerprint density at radius 3 is 2.25 bits per heavy atom. The molecule has 2 amide bonds. The zero-order chi connectivity index (χ0) is 22.9. The normalized spacial score (nSPS) is 10.4. The number of phenolic OH excluding ortho intramolecular Hbond substituents is 1. The molecular weight excluding hydrogens is 408 g/mol. The molecule has 0 saturated heterocycles. The first-order chi connectivity index (χ1) is 15.5. The van der Waals surface area contributed by atoms with Gasteiger partial charge in [0, 0.05) is 24.2 Å². The summed E-state index contributed by atoms with van der Waals surface area (Å²) in [6, 6.07) is 21.1. The molecule has 7 heteroatoms. The van der Waals surface area contributed by atoms with E-state index in [2.05, 4.69) is 0 Å². The molecule has 0 fully saturated rings. The zero-order valence-corrected chi connectivity index (χ0v) is 17.8. The standard InChI is InChI=1S/C25H26N2O5/c1-32-23-5-3-2-4-21(23)16-24(29)27(15-14-18-8-12-22(28)13-9-18)17-19-6-10-20(11-7-19)25(30)26-31/h2-13,28,31H,14-17H2,1H3,(H,26,30). The van der Waals surface area contributed by atoms with E-state index < -0.39 is 5.91 Å². The van der Waals surface area contributed by atoms with Crippen molar-refractivity contribution in [3.63, 3.8) is 0 Å². The molecule has 0 aliphatic rings. The molecule has 0 aromatic heterocycles. The van der Waals surface area contributed by atoms with Crippen molar-refractivity contribution in [1.82, 2.24) is 10.4 Å². The first-order valence-corrected chi connectivity index (χ1v) is 10.2. The summed E-state index contributed by atoms with van der Waals surface area (Å²) in [5.74, 6) is 0.224. The maximum atomic E-state index is 13.2. The van der Waals surface area contributed by atoms with E-state index in [9.17, 15) is 14.7 Å². The van der Waals surface area contributed by atoms with Gasteiger partial charge in [-0.15, -0.1) is 0 Å². The number of aromatic hydroxyl groups is 1. The Morgan fingerprint density at radius 2 is 1.59 bits per heavy atom. The second-order valence-corrected chi connectivity index (χ2v) is 7.36. The molecule has 0 atom stereocenters. The van der Waals surface area contributed by atoms with Crippen molar-refractivity contribution in [1.29, 1.82) is 0 Å². The maximum Gasteiger partial charge on any atom is 0.274 e. The maximum absolute atomic E-state index is 13.2. The smallest absolute Gasteiger partial charge is 0.274 e. The van der Waals surface area contributed by atoms with Crippen LogP contribution in [-0.4, -0.2) is 40.7 Å². The fourth-order valence-electron chi connectivity index (χ4n) is 3.39. The van der Waals surface area contributed by atoms with E-state index in [1.807, 2.05) is 36.4 Å². The number of benzene rings is 3. The summed E-state index contributed by atoms with van der Waals surface area (Å²) in [4.78, 5) is 26.5. The fraction of sp³-hybridized carbons (Fsp3) is 0.200. The van der Waals surface area contributed by atoms with E-state index in [4.69, 9.17) is 9.94 Å². The number of hydrogen-bond donors (Lipinski definition) is 3. The van der Waals surface area contributed by atoms with Crippen LogP contribution in [0.2, 0.25) is 0 Å². The third-order valence-corrected chi connectivity index (χ3v) is 5.18. The molecule has 0 saturated carbocycles. The van der Waals surface area contributed by atoms with E-state index in [1.54, 1.807) is 53.9 Å². The van der Waals surface area contributed by atoms with Gasteiger partial charge >= 0.3 is 0 Å². The minimum atomic E-state index is -0.590. The highest BCUT2D eigenvalue weighted by atomic mass is 16.5. The van der Waals surface area contributed by atoms with Crippen molar-refractivity contribution in [2.24, 2.45) is 0 Å². The van der Waals surface area contributed by atoms with Gasteiger partial charge < -0.3 is 14.7 Å². The van der Waals surface area contributed by atoms with Gasteiger partial charge in [-0.1, -0.05) is 42.5 Å². The van der Waals surface area contributed by atoms with Gasteiger partial charge in [0.05, 0.1) is 13.5 Å². The monoisotopic (exact) mass is 434 g/mol. The molecule has 3 rings (SSSR count). The van der Waals surface area contributed by atoms with Gasteiger partial charge in [0.15, 0.2) is 0 Å². The lowest BCUT2D eigenvalue weighted by molar-refractivity contribution is -0.131. The molecule has 3 aromatic carbocycles. The van der Waals surface area contributed by atoms with Crippen LogP contribution in [0.15, 0.2) is 72.8 Å². The zero-order valence-electron chi connectivity index (χ0n) is 17.8. The van der Waals surface area contributed by atoms with E-state index in [1.165, 1.54) is 0 Å². The van der Waals surface area contributed by atoms with Crippen LogP contribution in [0.25, 0.3) is 0 Å². The van der Waals surface area contributed by atoms with Gasteiger partial charge in [-0.05, 0) is 47.9 Å². The molecule has 0 radical (unpaired) electrons. The van der Waals surface area contributed by atoms with E-state index >= 15 is 0 Å². The molecule has 0 heterocycles. The number of methoxy groups -OCH3 is 1. The number of phenols is 1. The van der Waals surface area contributed by atoms with E-state index in [0.29, 0.717) is 30.8 Å². The molecule has 3 N–H and O–H groups in total. The van der Waals surface area contributed by atoms with Crippen molar-refractivity contribution < 1.29 is 24.6 Å². The van der Waals surface area contributed by atoms with Crippen molar-refractivity contribution in [3.05, 3.63) is 95.1 Å². The molecule has 166 valence electrons. The highest BCUT2D eigenvalue weighted by Gasteiger charge is 2.17. The van der Waals surface area contributed by atoms with Gasteiger partial charge in [-0.2, -0.15) is 0 Å². The predicted octanol–water partition coefficient (Wildman–Crippen LogP) is 3.33. The van der Waals surface area contributed by atoms with Crippen LogP contribution in [0.4, 0.5) is 0 Å². The quantitative estimate of drug-likeness (QED) is 0.354. The summed E-state index contributed by atoms with van der Waals surface area (Å²) in [6.07, 6.45) is 0.827. The van der Waals surface area contributed by atoms with Gasteiger partial charge in [0.2, 0.25) is 5.91 Å². The summed E-state index contributed by atoms with van der Waals surface area (Å²) in [5, 5.41) is 18.3. The van der Waals surface area contributed by atoms with Gasteiger partial charge in [-0.3, -0.25) is 14.8 Å². The number of para-hydroxylation sites is 1. The fourth-order valence-corrected chi connectivity index (χ4v) is 3.39. The molecule has 0 bridgehead atoms. The van der Waals surface area contributed by atoms with Crippen LogP contribution in [-0.2, 0) is 24.2 Å². The summed E-state index contributed by atoms with van der Waals surface area (Å²) in [7, 11) is 1.58. The van der Waals surface area contributed by atoms with Crippen LogP contribution in [0.5, 0.6) is 11.5 Å². The van der Waals surface area contributed by atoms with Crippen molar-refractivity contribution in [2.75, 3.05) is 13.7 Å². The summed E-state index contributed by atoms with van der Waals surface area (Å²) >= 11 is 0. The Bertz CT molecular complexity index is 1050. The summed E-state index contributed by atoms with van der Waals surface area (Å²) < 4.78 is 5.38. The van der Waals surface area contributed by atoms with Gasteiger partial charge in [-0.25, -0.2) is 5.48 Å². The van der Waals surface area contributed by atoms with Gasteiger partial charge in [0.25, 0.3) is 5.91 Å². The lowest BCUT2D eigenvalue weighted by Gasteiger charge is -2.24. The average Bonchev–Trinajstić information content (AvgIpc) is 2.83. The highest BCUT2D eigenvalue weighted by molar-refractivity contribution is 5.93. The minimum Gasteiger partial charge on any atom is -0.508 e. The number of amides is 2. The second kappa shape index (κ2) is 11.0. The van der Waals surface area contributed by atoms with Crippen LogP contribution >= 0.6 is 0 Å². The molecule has 7 nitrogen and oxygen atoms in total. The van der Waals surface area contributed by atoms with E-state index in [-0.39, 0.29) is 18.1 Å². The highest BCUT2D eigenvalue weighted by Crippen LogP contribution is 2.20. The third-order valence-electron chi connectivity index (χ3n) is 5.18. The average molecular weight is 434 g/mol. The van der Waals surface area contributed by atoms with Crippen molar-refractivity contribution >= 4 is 11.8 Å². The van der Waals surface area contributed by atoms with Crippen LogP contribution in [0, 0.1) is 0 Å². The largest absolute Gasteiger partial charge is 0.508 e. The number of nitrogens with one attached hydrogen (secondary N) is 1. The Labute approximate surface area is 186 Å². The molecule has 0 spiro atoms. The van der Waals surface area contributed by atoms with Crippen LogP contribution < -0.4 is 10.2 Å². The second-order valence-electron chi connectivity index (χ2n) is 7.36.